The second-order valence-corrected chi connectivity index (χ2v) is 7.88. The molecule has 2 aromatic rings. The van der Waals surface area contributed by atoms with E-state index in [-0.39, 0.29) is 18.0 Å². The minimum atomic E-state index is -0.221. The Kier molecular flexibility index (Phi) is 6.67. The lowest BCUT2D eigenvalue weighted by Gasteiger charge is -2.33. The normalized spacial score (nSPS) is 17.2. The number of hydrogen-bond donors (Lipinski definition) is 1. The van der Waals surface area contributed by atoms with Crippen LogP contribution in [0.2, 0.25) is 0 Å². The number of rotatable bonds is 7. The second kappa shape index (κ2) is 9.18. The van der Waals surface area contributed by atoms with Gasteiger partial charge in [-0.3, -0.25) is 4.79 Å². The molecule has 0 saturated carbocycles. The lowest BCUT2D eigenvalue weighted by Crippen LogP contribution is -2.46. The molecule has 5 heteroatoms. The molecule has 0 radical (unpaired) electrons. The zero-order valence-electron chi connectivity index (χ0n) is 16.8. The SMILES string of the molecule is CC(C)c1nccn1[C@H](C)C(=O)NC1CCN(CCc2ccccc2)CC1. The highest BCUT2D eigenvalue weighted by Gasteiger charge is 2.24. The Morgan fingerprint density at radius 1 is 1.19 bits per heavy atom. The van der Waals surface area contributed by atoms with Crippen LogP contribution in [-0.2, 0) is 11.2 Å². The zero-order valence-corrected chi connectivity index (χ0v) is 16.8. The van der Waals surface area contributed by atoms with Gasteiger partial charge in [-0.25, -0.2) is 4.98 Å². The second-order valence-electron chi connectivity index (χ2n) is 7.88. The van der Waals surface area contributed by atoms with E-state index in [1.165, 1.54) is 5.56 Å². The molecular formula is C22H32N4O. The molecular weight excluding hydrogens is 336 g/mol. The van der Waals surface area contributed by atoms with Crippen LogP contribution in [0.25, 0.3) is 0 Å². The summed E-state index contributed by atoms with van der Waals surface area (Å²) in [7, 11) is 0. The van der Waals surface area contributed by atoms with Crippen molar-refractivity contribution in [1.29, 1.82) is 0 Å². The summed E-state index contributed by atoms with van der Waals surface area (Å²) in [6.07, 6.45) is 6.83. The van der Waals surface area contributed by atoms with Crippen LogP contribution in [0.15, 0.2) is 42.7 Å². The van der Waals surface area contributed by atoms with Crippen molar-refractivity contribution in [3.8, 4) is 0 Å². The molecule has 1 aliphatic rings. The third-order valence-corrected chi connectivity index (χ3v) is 5.51. The van der Waals surface area contributed by atoms with Gasteiger partial charge in [0.2, 0.25) is 5.91 Å². The van der Waals surface area contributed by atoms with Gasteiger partial charge in [0.05, 0.1) is 0 Å². The molecule has 0 aliphatic carbocycles. The monoisotopic (exact) mass is 368 g/mol. The fourth-order valence-electron chi connectivity index (χ4n) is 3.78. The largest absolute Gasteiger partial charge is 0.351 e. The van der Waals surface area contributed by atoms with Gasteiger partial charge in [-0.15, -0.1) is 0 Å². The predicted octanol–water partition coefficient (Wildman–Crippen LogP) is 3.39. The molecule has 1 aliphatic heterocycles. The molecule has 1 amide bonds. The van der Waals surface area contributed by atoms with E-state index in [1.54, 1.807) is 6.20 Å². The number of hydrogen-bond acceptors (Lipinski definition) is 3. The van der Waals surface area contributed by atoms with Gasteiger partial charge in [0, 0.05) is 44.0 Å². The van der Waals surface area contributed by atoms with Gasteiger partial charge in [0.25, 0.3) is 0 Å². The molecule has 0 unspecified atom stereocenters. The maximum Gasteiger partial charge on any atom is 0.243 e. The number of aromatic nitrogens is 2. The maximum absolute atomic E-state index is 12.7. The van der Waals surface area contributed by atoms with E-state index in [0.29, 0.717) is 5.92 Å². The maximum atomic E-state index is 12.7. The number of benzene rings is 1. The molecule has 1 atom stereocenters. The van der Waals surface area contributed by atoms with Crippen LogP contribution in [0.4, 0.5) is 0 Å². The molecule has 1 saturated heterocycles. The lowest BCUT2D eigenvalue weighted by atomic mass is 10.0. The molecule has 1 N–H and O–H groups in total. The van der Waals surface area contributed by atoms with E-state index in [2.05, 4.69) is 59.4 Å². The summed E-state index contributed by atoms with van der Waals surface area (Å²) in [6.45, 7) is 9.36. The smallest absolute Gasteiger partial charge is 0.243 e. The van der Waals surface area contributed by atoms with Crippen molar-refractivity contribution in [2.45, 2.75) is 58.0 Å². The minimum absolute atomic E-state index is 0.0950. The number of carbonyl (C=O) groups is 1. The van der Waals surface area contributed by atoms with Crippen LogP contribution >= 0.6 is 0 Å². The molecule has 0 bridgehead atoms. The van der Waals surface area contributed by atoms with Crippen LogP contribution in [0.1, 0.15) is 57.0 Å². The number of carbonyl (C=O) groups excluding carboxylic acids is 1. The van der Waals surface area contributed by atoms with Crippen molar-refractivity contribution in [3.05, 3.63) is 54.1 Å². The zero-order chi connectivity index (χ0) is 19.2. The van der Waals surface area contributed by atoms with Crippen LogP contribution < -0.4 is 5.32 Å². The van der Waals surface area contributed by atoms with Gasteiger partial charge in [0.15, 0.2) is 0 Å². The molecule has 3 rings (SSSR count). The van der Waals surface area contributed by atoms with E-state index in [4.69, 9.17) is 0 Å². The molecule has 2 heterocycles. The van der Waals surface area contributed by atoms with Gasteiger partial charge < -0.3 is 14.8 Å². The van der Waals surface area contributed by atoms with Crippen molar-refractivity contribution in [3.63, 3.8) is 0 Å². The molecule has 1 fully saturated rings. The molecule has 5 nitrogen and oxygen atoms in total. The first-order valence-electron chi connectivity index (χ1n) is 10.1. The Bertz CT molecular complexity index is 717. The molecule has 0 spiro atoms. The fraction of sp³-hybridized carbons (Fsp3) is 0.545. The van der Waals surface area contributed by atoms with E-state index < -0.39 is 0 Å². The van der Waals surface area contributed by atoms with Crippen LogP contribution in [0, 0.1) is 0 Å². The first kappa shape index (κ1) is 19.6. The highest BCUT2D eigenvalue weighted by molar-refractivity contribution is 5.80. The lowest BCUT2D eigenvalue weighted by molar-refractivity contribution is -0.125. The van der Waals surface area contributed by atoms with Gasteiger partial charge in [-0.2, -0.15) is 0 Å². The summed E-state index contributed by atoms with van der Waals surface area (Å²) in [5.41, 5.74) is 1.39. The Morgan fingerprint density at radius 2 is 1.89 bits per heavy atom. The van der Waals surface area contributed by atoms with Crippen molar-refractivity contribution < 1.29 is 4.79 Å². The Labute approximate surface area is 162 Å². The molecule has 1 aromatic heterocycles. The Hall–Kier alpha value is -2.14. The van der Waals surface area contributed by atoms with Crippen molar-refractivity contribution in [2.75, 3.05) is 19.6 Å². The summed E-state index contributed by atoms with van der Waals surface area (Å²) < 4.78 is 2.00. The van der Waals surface area contributed by atoms with Crippen LogP contribution in [0.3, 0.4) is 0 Å². The summed E-state index contributed by atoms with van der Waals surface area (Å²) in [5.74, 6) is 1.37. The summed E-state index contributed by atoms with van der Waals surface area (Å²) >= 11 is 0. The number of nitrogens with zero attached hydrogens (tertiary/aromatic N) is 3. The van der Waals surface area contributed by atoms with Crippen LogP contribution in [-0.4, -0.2) is 46.0 Å². The highest BCUT2D eigenvalue weighted by Crippen LogP contribution is 2.18. The van der Waals surface area contributed by atoms with Gasteiger partial charge in [-0.05, 0) is 31.7 Å². The third-order valence-electron chi connectivity index (χ3n) is 5.51. The van der Waals surface area contributed by atoms with E-state index >= 15 is 0 Å². The Balaban J connectivity index is 1.44. The van der Waals surface area contributed by atoms with Crippen molar-refractivity contribution in [1.82, 2.24) is 19.8 Å². The number of likely N-dealkylation sites (tertiary alicyclic amines) is 1. The first-order chi connectivity index (χ1) is 13.0. The average Bonchev–Trinajstić information content (AvgIpc) is 3.18. The Morgan fingerprint density at radius 3 is 2.56 bits per heavy atom. The van der Waals surface area contributed by atoms with Gasteiger partial charge >= 0.3 is 0 Å². The standard InChI is InChI=1S/C22H32N4O/c1-17(2)21-23-12-16-26(21)18(3)22(27)24-20-10-14-25(15-11-20)13-9-19-7-5-4-6-8-19/h4-8,12,16-18,20H,9-11,13-15H2,1-3H3,(H,24,27)/t18-/m1/s1. The fourth-order valence-corrected chi connectivity index (χ4v) is 3.78. The highest BCUT2D eigenvalue weighted by atomic mass is 16.2. The summed E-state index contributed by atoms with van der Waals surface area (Å²) in [6, 6.07) is 10.7. The predicted molar refractivity (Wildman–Crippen MR) is 109 cm³/mol. The summed E-state index contributed by atoms with van der Waals surface area (Å²) in [4.78, 5) is 19.6. The van der Waals surface area contributed by atoms with Crippen LogP contribution in [0.5, 0.6) is 0 Å². The molecule has 27 heavy (non-hydrogen) atoms. The van der Waals surface area contributed by atoms with Crippen molar-refractivity contribution >= 4 is 5.91 Å². The molecule has 1 aromatic carbocycles. The van der Waals surface area contributed by atoms with E-state index in [9.17, 15) is 4.79 Å². The van der Waals surface area contributed by atoms with Crippen molar-refractivity contribution in [2.24, 2.45) is 0 Å². The average molecular weight is 369 g/mol. The third kappa shape index (κ3) is 5.19. The number of amides is 1. The number of imidazole rings is 1. The number of nitrogens with one attached hydrogen (secondary N) is 1. The summed E-state index contributed by atoms with van der Waals surface area (Å²) in [5, 5.41) is 3.25. The van der Waals surface area contributed by atoms with E-state index in [1.807, 2.05) is 17.7 Å². The topological polar surface area (TPSA) is 50.2 Å². The number of piperidine rings is 1. The first-order valence-corrected chi connectivity index (χ1v) is 10.1. The van der Waals surface area contributed by atoms with Gasteiger partial charge in [0.1, 0.15) is 11.9 Å². The van der Waals surface area contributed by atoms with E-state index in [0.717, 1.165) is 44.7 Å². The quantitative estimate of drug-likeness (QED) is 0.815. The minimum Gasteiger partial charge on any atom is -0.351 e. The molecule has 146 valence electrons. The van der Waals surface area contributed by atoms with Gasteiger partial charge in [-0.1, -0.05) is 44.2 Å².